The molecular formula is C29H31BrFN3O4S. The van der Waals surface area contributed by atoms with Crippen LogP contribution < -0.4 is 9.62 Å². The van der Waals surface area contributed by atoms with E-state index in [-0.39, 0.29) is 29.1 Å². The number of rotatable bonds is 10. The first-order valence-electron chi connectivity index (χ1n) is 12.8. The Hall–Kier alpha value is -3.24. The first-order chi connectivity index (χ1) is 18.6. The summed E-state index contributed by atoms with van der Waals surface area (Å²) >= 11 is 3.44. The summed E-state index contributed by atoms with van der Waals surface area (Å²) in [6.07, 6.45) is 3.88. The number of hydrogen-bond donors (Lipinski definition) is 1. The van der Waals surface area contributed by atoms with Crippen LogP contribution in [-0.2, 0) is 26.2 Å². The minimum Gasteiger partial charge on any atom is -0.352 e. The van der Waals surface area contributed by atoms with E-state index < -0.39 is 34.3 Å². The molecule has 206 valence electrons. The number of amides is 2. The second-order valence-electron chi connectivity index (χ2n) is 9.62. The molecule has 1 aliphatic carbocycles. The number of halogens is 2. The van der Waals surface area contributed by atoms with Crippen molar-refractivity contribution < 1.29 is 22.4 Å². The number of benzene rings is 3. The van der Waals surface area contributed by atoms with Crippen LogP contribution in [0, 0.1) is 5.82 Å². The Morgan fingerprint density at radius 3 is 2.31 bits per heavy atom. The van der Waals surface area contributed by atoms with Crippen LogP contribution >= 0.6 is 15.9 Å². The molecule has 0 saturated heterocycles. The summed E-state index contributed by atoms with van der Waals surface area (Å²) in [5.74, 6) is -1.38. The van der Waals surface area contributed by atoms with Gasteiger partial charge in [0.05, 0.1) is 10.6 Å². The van der Waals surface area contributed by atoms with E-state index >= 15 is 0 Å². The number of carbonyl (C=O) groups is 2. The van der Waals surface area contributed by atoms with Gasteiger partial charge < -0.3 is 10.2 Å². The van der Waals surface area contributed by atoms with Gasteiger partial charge in [-0.05, 0) is 73.9 Å². The number of hydrogen-bond acceptors (Lipinski definition) is 4. The molecule has 7 nitrogen and oxygen atoms in total. The summed E-state index contributed by atoms with van der Waals surface area (Å²) < 4.78 is 42.9. The normalized spacial score (nSPS) is 14.5. The van der Waals surface area contributed by atoms with Gasteiger partial charge in [0.25, 0.3) is 10.0 Å². The summed E-state index contributed by atoms with van der Waals surface area (Å²) in [7, 11) is -4.18. The van der Waals surface area contributed by atoms with Crippen LogP contribution in [0.5, 0.6) is 0 Å². The van der Waals surface area contributed by atoms with E-state index in [0.717, 1.165) is 52.2 Å². The third-order valence-electron chi connectivity index (χ3n) is 6.84. The predicted molar refractivity (Wildman–Crippen MR) is 152 cm³/mol. The Morgan fingerprint density at radius 1 is 1.00 bits per heavy atom. The van der Waals surface area contributed by atoms with Gasteiger partial charge in [0.15, 0.2) is 0 Å². The molecule has 1 fully saturated rings. The first-order valence-corrected chi connectivity index (χ1v) is 15.1. The van der Waals surface area contributed by atoms with E-state index in [9.17, 15) is 22.4 Å². The second kappa shape index (κ2) is 12.7. The fraction of sp³-hybridized carbons (Fsp3) is 0.310. The van der Waals surface area contributed by atoms with Crippen molar-refractivity contribution in [2.24, 2.45) is 0 Å². The van der Waals surface area contributed by atoms with Gasteiger partial charge in [0.1, 0.15) is 18.4 Å². The zero-order valence-corrected chi connectivity index (χ0v) is 24.0. The van der Waals surface area contributed by atoms with Crippen LogP contribution in [0.25, 0.3) is 0 Å². The van der Waals surface area contributed by atoms with Gasteiger partial charge >= 0.3 is 0 Å². The average molecular weight is 617 g/mol. The monoisotopic (exact) mass is 615 g/mol. The third-order valence-corrected chi connectivity index (χ3v) is 9.12. The third kappa shape index (κ3) is 7.24. The van der Waals surface area contributed by atoms with Crippen LogP contribution in [0.1, 0.15) is 38.2 Å². The van der Waals surface area contributed by atoms with Gasteiger partial charge in [-0.15, -0.1) is 0 Å². The lowest BCUT2D eigenvalue weighted by Gasteiger charge is -2.32. The van der Waals surface area contributed by atoms with Crippen molar-refractivity contribution in [1.82, 2.24) is 10.2 Å². The molecule has 3 aromatic rings. The lowest BCUT2D eigenvalue weighted by Crippen LogP contribution is -2.52. The summed E-state index contributed by atoms with van der Waals surface area (Å²) in [4.78, 5) is 28.5. The van der Waals surface area contributed by atoms with Gasteiger partial charge in [-0.3, -0.25) is 13.9 Å². The molecule has 10 heteroatoms. The molecule has 1 saturated carbocycles. The maximum atomic E-state index is 13.9. The van der Waals surface area contributed by atoms with Crippen molar-refractivity contribution in [1.29, 1.82) is 0 Å². The number of nitrogens with one attached hydrogen (secondary N) is 1. The SMILES string of the molecule is C[C@@H](C(=O)NC1CCCC1)N(Cc1cccc(Br)c1)C(=O)CN(c1ccc(F)cc1)S(=O)(=O)c1ccccc1. The maximum absolute atomic E-state index is 13.9. The standard InChI is InChI=1S/C29H31BrFN3O4S/c1-21(29(36)32-25-10-5-6-11-25)33(19-22-8-7-9-23(30)18-22)28(35)20-34(26-16-14-24(31)15-17-26)39(37,38)27-12-3-2-4-13-27/h2-4,7-9,12-18,21,25H,5-6,10-11,19-20H2,1H3,(H,32,36)/t21-/m0/s1. The molecule has 0 bridgehead atoms. The Labute approximate surface area is 237 Å². The Kier molecular flexibility index (Phi) is 9.40. The summed E-state index contributed by atoms with van der Waals surface area (Å²) in [5, 5.41) is 3.04. The molecule has 1 N–H and O–H groups in total. The zero-order chi connectivity index (χ0) is 28.0. The highest BCUT2D eigenvalue weighted by atomic mass is 79.9. The molecule has 39 heavy (non-hydrogen) atoms. The van der Waals surface area contributed by atoms with Gasteiger partial charge in [-0.25, -0.2) is 12.8 Å². The highest BCUT2D eigenvalue weighted by molar-refractivity contribution is 9.10. The molecule has 0 spiro atoms. The van der Waals surface area contributed by atoms with Crippen molar-refractivity contribution in [3.63, 3.8) is 0 Å². The fourth-order valence-corrected chi connectivity index (χ4v) is 6.54. The van der Waals surface area contributed by atoms with E-state index in [0.29, 0.717) is 0 Å². The quantitative estimate of drug-likeness (QED) is 0.337. The van der Waals surface area contributed by atoms with Crippen molar-refractivity contribution in [2.75, 3.05) is 10.8 Å². The summed E-state index contributed by atoms with van der Waals surface area (Å²) in [6.45, 7) is 1.17. The Bertz CT molecular complexity index is 1400. The molecule has 0 heterocycles. The minimum atomic E-state index is -4.18. The molecule has 3 aromatic carbocycles. The largest absolute Gasteiger partial charge is 0.352 e. The number of carbonyl (C=O) groups excluding carboxylic acids is 2. The number of anilines is 1. The molecule has 2 amide bonds. The van der Waals surface area contributed by atoms with Crippen LogP contribution in [0.3, 0.4) is 0 Å². The molecule has 0 aliphatic heterocycles. The fourth-order valence-electron chi connectivity index (χ4n) is 4.66. The maximum Gasteiger partial charge on any atom is 0.264 e. The van der Waals surface area contributed by atoms with Crippen molar-refractivity contribution in [3.05, 3.63) is 94.7 Å². The van der Waals surface area contributed by atoms with Crippen molar-refractivity contribution >= 4 is 43.5 Å². The van der Waals surface area contributed by atoms with E-state index in [4.69, 9.17) is 0 Å². The van der Waals surface area contributed by atoms with Gasteiger partial charge in [-0.1, -0.05) is 59.1 Å². The van der Waals surface area contributed by atoms with Crippen LogP contribution in [0.2, 0.25) is 0 Å². The molecular weight excluding hydrogens is 585 g/mol. The lowest BCUT2D eigenvalue weighted by atomic mass is 10.1. The summed E-state index contributed by atoms with van der Waals surface area (Å²) in [5.41, 5.74) is 0.913. The van der Waals surface area contributed by atoms with Gasteiger partial charge in [0.2, 0.25) is 11.8 Å². The zero-order valence-electron chi connectivity index (χ0n) is 21.6. The lowest BCUT2D eigenvalue weighted by molar-refractivity contribution is -0.139. The number of sulfonamides is 1. The van der Waals surface area contributed by atoms with E-state index in [2.05, 4.69) is 21.2 Å². The molecule has 1 atom stereocenters. The topological polar surface area (TPSA) is 86.8 Å². The smallest absolute Gasteiger partial charge is 0.264 e. The van der Waals surface area contributed by atoms with Gasteiger partial charge in [-0.2, -0.15) is 0 Å². The van der Waals surface area contributed by atoms with Crippen LogP contribution in [0.15, 0.2) is 88.2 Å². The van der Waals surface area contributed by atoms with E-state index in [1.165, 1.54) is 29.2 Å². The first kappa shape index (κ1) is 28.8. The van der Waals surface area contributed by atoms with Crippen LogP contribution in [-0.4, -0.2) is 43.8 Å². The minimum absolute atomic E-state index is 0.00677. The molecule has 0 aromatic heterocycles. The Morgan fingerprint density at radius 2 is 1.67 bits per heavy atom. The highest BCUT2D eigenvalue weighted by Gasteiger charge is 2.33. The number of nitrogens with zero attached hydrogens (tertiary/aromatic N) is 2. The molecule has 4 rings (SSSR count). The predicted octanol–water partition coefficient (Wildman–Crippen LogP) is 5.26. The second-order valence-corrected chi connectivity index (χ2v) is 12.4. The Balaban J connectivity index is 1.67. The van der Waals surface area contributed by atoms with E-state index in [1.807, 2.05) is 24.3 Å². The summed E-state index contributed by atoms with van der Waals surface area (Å²) in [6, 6.07) is 19.3. The van der Waals surface area contributed by atoms with Crippen molar-refractivity contribution in [3.8, 4) is 0 Å². The molecule has 0 unspecified atom stereocenters. The highest BCUT2D eigenvalue weighted by Crippen LogP contribution is 2.25. The average Bonchev–Trinajstić information content (AvgIpc) is 3.44. The van der Waals surface area contributed by atoms with Crippen LogP contribution in [0.4, 0.5) is 10.1 Å². The van der Waals surface area contributed by atoms with Crippen molar-refractivity contribution in [2.45, 2.75) is 56.1 Å². The molecule has 0 radical (unpaired) electrons. The van der Waals surface area contributed by atoms with E-state index in [1.54, 1.807) is 25.1 Å². The van der Waals surface area contributed by atoms with Gasteiger partial charge in [0, 0.05) is 17.1 Å². The molecule has 1 aliphatic rings.